The molecular formula is C17H31NSi. The Morgan fingerprint density at radius 3 is 2.21 bits per heavy atom. The monoisotopic (exact) mass is 277 g/mol. The van der Waals surface area contributed by atoms with E-state index < -0.39 is 8.07 Å². The van der Waals surface area contributed by atoms with Crippen LogP contribution in [0.2, 0.25) is 25.7 Å². The fraction of sp³-hybridized carbons (Fsp3) is 0.647. The Balaban J connectivity index is 2.54. The highest BCUT2D eigenvalue weighted by Crippen LogP contribution is 2.25. The second-order valence-electron chi connectivity index (χ2n) is 7.23. The Morgan fingerprint density at radius 2 is 1.68 bits per heavy atom. The Hall–Kier alpha value is -0.603. The van der Waals surface area contributed by atoms with Crippen molar-refractivity contribution in [1.29, 1.82) is 0 Å². The van der Waals surface area contributed by atoms with Crippen molar-refractivity contribution in [2.45, 2.75) is 64.3 Å². The second kappa shape index (κ2) is 7.86. The van der Waals surface area contributed by atoms with Crippen LogP contribution >= 0.6 is 0 Å². The van der Waals surface area contributed by atoms with Crippen LogP contribution in [0.15, 0.2) is 30.3 Å². The van der Waals surface area contributed by atoms with Crippen molar-refractivity contribution in [3.8, 4) is 0 Å². The van der Waals surface area contributed by atoms with Crippen molar-refractivity contribution in [3.05, 3.63) is 35.9 Å². The van der Waals surface area contributed by atoms with E-state index in [1.165, 1.54) is 30.9 Å². The maximum atomic E-state index is 5.87. The summed E-state index contributed by atoms with van der Waals surface area (Å²) in [7, 11) is -0.983. The van der Waals surface area contributed by atoms with Gasteiger partial charge in [-0.3, -0.25) is 0 Å². The van der Waals surface area contributed by atoms with Crippen LogP contribution in [-0.4, -0.2) is 14.1 Å². The van der Waals surface area contributed by atoms with Crippen LogP contribution in [0.5, 0.6) is 0 Å². The van der Waals surface area contributed by atoms with Crippen LogP contribution in [0, 0.1) is 5.92 Å². The minimum Gasteiger partial charge on any atom is -0.328 e. The topological polar surface area (TPSA) is 26.0 Å². The molecule has 1 aromatic rings. The first kappa shape index (κ1) is 16.5. The normalized spacial score (nSPS) is 15.2. The molecular weight excluding hydrogens is 246 g/mol. The average molecular weight is 278 g/mol. The third-order valence-electron chi connectivity index (χ3n) is 3.54. The molecule has 0 radical (unpaired) electrons. The van der Waals surface area contributed by atoms with Crippen LogP contribution in [0.1, 0.15) is 31.7 Å². The van der Waals surface area contributed by atoms with E-state index in [0.29, 0.717) is 6.04 Å². The molecule has 2 heteroatoms. The van der Waals surface area contributed by atoms with Crippen molar-refractivity contribution in [2.24, 2.45) is 11.7 Å². The fourth-order valence-corrected chi connectivity index (χ4v) is 4.90. The summed E-state index contributed by atoms with van der Waals surface area (Å²) in [6.45, 7) is 9.56. The summed E-state index contributed by atoms with van der Waals surface area (Å²) < 4.78 is 0. The van der Waals surface area contributed by atoms with Gasteiger partial charge in [-0.15, -0.1) is 0 Å². The molecule has 1 rings (SSSR count). The highest BCUT2D eigenvalue weighted by atomic mass is 28.3. The third kappa shape index (κ3) is 8.22. The average Bonchev–Trinajstić information content (AvgIpc) is 2.27. The zero-order valence-electron chi connectivity index (χ0n) is 13.2. The van der Waals surface area contributed by atoms with Crippen molar-refractivity contribution in [1.82, 2.24) is 0 Å². The first-order valence-corrected chi connectivity index (χ1v) is 11.4. The first-order valence-electron chi connectivity index (χ1n) is 7.66. The summed E-state index contributed by atoms with van der Waals surface area (Å²) in [4.78, 5) is 0. The first-order chi connectivity index (χ1) is 8.87. The van der Waals surface area contributed by atoms with Gasteiger partial charge < -0.3 is 5.73 Å². The van der Waals surface area contributed by atoms with E-state index in [4.69, 9.17) is 5.73 Å². The fourth-order valence-electron chi connectivity index (χ4n) is 2.82. The molecule has 108 valence electrons. The smallest absolute Gasteiger partial charge is 0.0445 e. The van der Waals surface area contributed by atoms with Gasteiger partial charge >= 0.3 is 0 Å². The van der Waals surface area contributed by atoms with Gasteiger partial charge in [0.1, 0.15) is 0 Å². The summed E-state index contributed by atoms with van der Waals surface area (Å²) in [5.74, 6) is 0.841. The van der Waals surface area contributed by atoms with Gasteiger partial charge in [0.05, 0.1) is 0 Å². The van der Waals surface area contributed by atoms with Gasteiger partial charge in [-0.05, 0) is 31.2 Å². The van der Waals surface area contributed by atoms with Gasteiger partial charge in [0.2, 0.25) is 0 Å². The maximum Gasteiger partial charge on any atom is 0.0445 e. The number of nitrogens with two attached hydrogens (primary N) is 1. The molecule has 0 heterocycles. The standard InChI is InChI=1S/C17H31NSi/c1-15(18)9-8-12-17(14-19(2,3)4)13-16-10-6-5-7-11-16/h5-7,10-11,15,17H,8-9,12-14,18H2,1-4H3/t15-,17?/m1/s1. The molecule has 2 N–H and O–H groups in total. The molecule has 0 aliphatic heterocycles. The van der Waals surface area contributed by atoms with Gasteiger partial charge in [0, 0.05) is 14.1 Å². The molecule has 1 nitrogen and oxygen atoms in total. The number of hydrogen-bond donors (Lipinski definition) is 1. The lowest BCUT2D eigenvalue weighted by Gasteiger charge is -2.25. The van der Waals surface area contributed by atoms with E-state index >= 15 is 0 Å². The number of benzene rings is 1. The Labute approximate surface area is 120 Å². The molecule has 1 aromatic carbocycles. The van der Waals surface area contributed by atoms with E-state index in [2.05, 4.69) is 56.9 Å². The largest absolute Gasteiger partial charge is 0.328 e. The van der Waals surface area contributed by atoms with Crippen LogP contribution in [-0.2, 0) is 6.42 Å². The molecule has 0 spiro atoms. The lowest BCUT2D eigenvalue weighted by Crippen LogP contribution is -2.25. The Bertz CT molecular complexity index is 340. The molecule has 2 atom stereocenters. The van der Waals surface area contributed by atoms with Gasteiger partial charge in [-0.1, -0.05) is 68.9 Å². The van der Waals surface area contributed by atoms with Crippen molar-refractivity contribution < 1.29 is 0 Å². The molecule has 0 aliphatic rings. The van der Waals surface area contributed by atoms with Crippen LogP contribution in [0.25, 0.3) is 0 Å². The predicted octanol–water partition coefficient (Wildman–Crippen LogP) is 4.70. The highest BCUT2D eigenvalue weighted by Gasteiger charge is 2.20. The molecule has 1 unspecified atom stereocenters. The lowest BCUT2D eigenvalue weighted by molar-refractivity contribution is 0.473. The van der Waals surface area contributed by atoms with Crippen LogP contribution in [0.3, 0.4) is 0 Å². The summed E-state index contributed by atoms with van der Waals surface area (Å²) in [6.07, 6.45) is 5.02. The van der Waals surface area contributed by atoms with E-state index in [1.807, 2.05) is 0 Å². The summed E-state index contributed by atoms with van der Waals surface area (Å²) in [6, 6.07) is 12.7. The zero-order chi connectivity index (χ0) is 14.3. The SMILES string of the molecule is C[C@@H](N)CCCC(Cc1ccccc1)C[Si](C)(C)C. The molecule has 0 fully saturated rings. The second-order valence-corrected chi connectivity index (χ2v) is 12.8. The molecule has 19 heavy (non-hydrogen) atoms. The number of hydrogen-bond acceptors (Lipinski definition) is 1. The van der Waals surface area contributed by atoms with E-state index in [9.17, 15) is 0 Å². The van der Waals surface area contributed by atoms with Crippen molar-refractivity contribution in [2.75, 3.05) is 0 Å². The summed E-state index contributed by atoms with van der Waals surface area (Å²) >= 11 is 0. The molecule has 0 aliphatic carbocycles. The predicted molar refractivity (Wildman–Crippen MR) is 89.3 cm³/mol. The highest BCUT2D eigenvalue weighted by molar-refractivity contribution is 6.76. The molecule has 0 bridgehead atoms. The van der Waals surface area contributed by atoms with Crippen LogP contribution in [0.4, 0.5) is 0 Å². The van der Waals surface area contributed by atoms with E-state index in [-0.39, 0.29) is 0 Å². The van der Waals surface area contributed by atoms with E-state index in [0.717, 1.165) is 12.3 Å². The van der Waals surface area contributed by atoms with Crippen LogP contribution < -0.4 is 5.73 Å². The maximum absolute atomic E-state index is 5.87. The Kier molecular flexibility index (Phi) is 6.80. The Morgan fingerprint density at radius 1 is 1.05 bits per heavy atom. The zero-order valence-corrected chi connectivity index (χ0v) is 14.2. The molecule has 0 saturated heterocycles. The number of rotatable bonds is 8. The van der Waals surface area contributed by atoms with E-state index in [1.54, 1.807) is 0 Å². The van der Waals surface area contributed by atoms with Gasteiger partial charge in [0.15, 0.2) is 0 Å². The quantitative estimate of drug-likeness (QED) is 0.685. The molecule has 0 saturated carbocycles. The minimum atomic E-state index is -0.983. The summed E-state index contributed by atoms with van der Waals surface area (Å²) in [5, 5.41) is 0. The molecule has 0 aromatic heterocycles. The van der Waals surface area contributed by atoms with Gasteiger partial charge in [0.25, 0.3) is 0 Å². The van der Waals surface area contributed by atoms with Crippen molar-refractivity contribution >= 4 is 8.07 Å². The van der Waals surface area contributed by atoms with Crippen molar-refractivity contribution in [3.63, 3.8) is 0 Å². The summed E-state index contributed by atoms with van der Waals surface area (Å²) in [5.41, 5.74) is 7.36. The lowest BCUT2D eigenvalue weighted by atomic mass is 9.95. The minimum absolute atomic E-state index is 0.351. The third-order valence-corrected chi connectivity index (χ3v) is 5.34. The van der Waals surface area contributed by atoms with Gasteiger partial charge in [-0.25, -0.2) is 0 Å². The van der Waals surface area contributed by atoms with Gasteiger partial charge in [-0.2, -0.15) is 0 Å². The molecule has 0 amide bonds.